The van der Waals surface area contributed by atoms with E-state index in [1.807, 2.05) is 32.0 Å². The lowest BCUT2D eigenvalue weighted by atomic mass is 10.1. The van der Waals surface area contributed by atoms with Crippen molar-refractivity contribution in [2.24, 2.45) is 0 Å². The van der Waals surface area contributed by atoms with E-state index in [0.29, 0.717) is 23.6 Å². The van der Waals surface area contributed by atoms with Gasteiger partial charge in [-0.05, 0) is 49.2 Å². The molecule has 6 heteroatoms. The van der Waals surface area contributed by atoms with Gasteiger partial charge in [-0.25, -0.2) is 0 Å². The highest BCUT2D eigenvalue weighted by molar-refractivity contribution is 6.00. The molecule has 2 amide bonds. The van der Waals surface area contributed by atoms with Crippen LogP contribution in [0.2, 0.25) is 0 Å². The Hall–Kier alpha value is -3.02. The van der Waals surface area contributed by atoms with Crippen LogP contribution in [0, 0.1) is 13.8 Å². The van der Waals surface area contributed by atoms with E-state index in [1.54, 1.807) is 30.2 Å². The van der Waals surface area contributed by atoms with Crippen LogP contribution in [0.3, 0.4) is 0 Å². The molecule has 1 aliphatic heterocycles. The first kappa shape index (κ1) is 18.8. The van der Waals surface area contributed by atoms with E-state index in [9.17, 15) is 9.59 Å². The third-order valence-electron chi connectivity index (χ3n) is 4.92. The van der Waals surface area contributed by atoms with Crippen molar-refractivity contribution in [1.29, 1.82) is 0 Å². The second-order valence-electron chi connectivity index (χ2n) is 6.71. The number of nitrogens with zero attached hydrogens (tertiary/aromatic N) is 1. The molecule has 2 aromatic rings. The zero-order valence-corrected chi connectivity index (χ0v) is 16.0. The van der Waals surface area contributed by atoms with Crippen LogP contribution < -0.4 is 19.7 Å². The summed E-state index contributed by atoms with van der Waals surface area (Å²) in [7, 11) is 3.06. The number of hydrogen-bond acceptors (Lipinski definition) is 4. The molecule has 27 heavy (non-hydrogen) atoms. The number of rotatable bonds is 5. The number of ether oxygens (including phenoxy) is 2. The minimum atomic E-state index is -0.269. The first-order valence-electron chi connectivity index (χ1n) is 8.83. The van der Waals surface area contributed by atoms with Crippen LogP contribution >= 0.6 is 0 Å². The summed E-state index contributed by atoms with van der Waals surface area (Å²) in [6.45, 7) is 4.51. The summed E-state index contributed by atoms with van der Waals surface area (Å²) < 4.78 is 10.4. The van der Waals surface area contributed by atoms with Crippen molar-refractivity contribution in [3.63, 3.8) is 0 Å². The molecule has 0 radical (unpaired) electrons. The average Bonchev–Trinajstić information content (AvgIpc) is 3.03. The van der Waals surface area contributed by atoms with Gasteiger partial charge in [0, 0.05) is 24.7 Å². The molecule has 1 fully saturated rings. The molecule has 1 heterocycles. The van der Waals surface area contributed by atoms with Crippen LogP contribution in [0.5, 0.6) is 11.5 Å². The highest BCUT2D eigenvalue weighted by Crippen LogP contribution is 2.26. The zero-order chi connectivity index (χ0) is 19.6. The maximum absolute atomic E-state index is 12.7. The average molecular weight is 368 g/mol. The van der Waals surface area contributed by atoms with E-state index in [-0.39, 0.29) is 24.3 Å². The van der Waals surface area contributed by atoms with Crippen molar-refractivity contribution in [3.8, 4) is 11.5 Å². The Morgan fingerprint density at radius 3 is 2.52 bits per heavy atom. The lowest BCUT2D eigenvalue weighted by Crippen LogP contribution is -2.37. The van der Waals surface area contributed by atoms with Crippen molar-refractivity contribution in [2.75, 3.05) is 25.7 Å². The summed E-state index contributed by atoms with van der Waals surface area (Å²) in [5.41, 5.74) is 3.59. The second kappa shape index (κ2) is 7.70. The predicted octanol–water partition coefficient (Wildman–Crippen LogP) is 2.86. The van der Waals surface area contributed by atoms with Gasteiger partial charge >= 0.3 is 0 Å². The number of benzene rings is 2. The van der Waals surface area contributed by atoms with E-state index in [1.165, 1.54) is 12.7 Å². The van der Waals surface area contributed by atoms with Gasteiger partial charge in [-0.3, -0.25) is 9.59 Å². The molecule has 3 rings (SSSR count). The number of methoxy groups -OCH3 is 2. The minimum Gasteiger partial charge on any atom is -0.497 e. The first-order valence-corrected chi connectivity index (χ1v) is 8.83. The van der Waals surface area contributed by atoms with Crippen molar-refractivity contribution in [2.45, 2.75) is 26.3 Å². The Bertz CT molecular complexity index is 878. The standard InChI is InChI=1S/C21H24N2O4/c1-13-5-6-16(9-14(13)2)23-12-15(10-20(23)24)22-21(25)18-8-7-17(26-3)11-19(18)27-4/h5-9,11,15H,10,12H2,1-4H3,(H,22,25)/t15-/m0/s1. The summed E-state index contributed by atoms with van der Waals surface area (Å²) in [5.74, 6) is 0.780. The molecule has 0 aromatic heterocycles. The molecular weight excluding hydrogens is 344 g/mol. The van der Waals surface area contributed by atoms with Crippen LogP contribution in [-0.4, -0.2) is 38.6 Å². The molecule has 1 aliphatic rings. The Morgan fingerprint density at radius 2 is 1.85 bits per heavy atom. The summed E-state index contributed by atoms with van der Waals surface area (Å²) in [6, 6.07) is 10.7. The third kappa shape index (κ3) is 3.89. The van der Waals surface area contributed by atoms with E-state index in [0.717, 1.165) is 11.3 Å². The molecule has 1 N–H and O–H groups in total. The van der Waals surface area contributed by atoms with Crippen LogP contribution in [0.4, 0.5) is 5.69 Å². The molecule has 0 bridgehead atoms. The van der Waals surface area contributed by atoms with Gasteiger partial charge < -0.3 is 19.7 Å². The van der Waals surface area contributed by atoms with E-state index in [4.69, 9.17) is 9.47 Å². The van der Waals surface area contributed by atoms with Gasteiger partial charge in [-0.15, -0.1) is 0 Å². The molecule has 0 unspecified atom stereocenters. The van der Waals surface area contributed by atoms with Gasteiger partial charge in [0.05, 0.1) is 25.8 Å². The van der Waals surface area contributed by atoms with Crippen molar-refractivity contribution in [1.82, 2.24) is 5.32 Å². The van der Waals surface area contributed by atoms with Crippen LogP contribution in [0.15, 0.2) is 36.4 Å². The Morgan fingerprint density at radius 1 is 1.07 bits per heavy atom. The molecule has 0 saturated carbocycles. The number of amides is 2. The Labute approximate surface area is 159 Å². The van der Waals surface area contributed by atoms with Crippen molar-refractivity contribution >= 4 is 17.5 Å². The largest absolute Gasteiger partial charge is 0.497 e. The number of carbonyl (C=O) groups is 2. The minimum absolute atomic E-state index is 0.00486. The fraction of sp³-hybridized carbons (Fsp3) is 0.333. The topological polar surface area (TPSA) is 67.9 Å². The van der Waals surface area contributed by atoms with Gasteiger partial charge in [0.15, 0.2) is 0 Å². The summed E-state index contributed by atoms with van der Waals surface area (Å²) in [4.78, 5) is 26.8. The molecule has 0 aliphatic carbocycles. The van der Waals surface area contributed by atoms with Crippen LogP contribution in [0.25, 0.3) is 0 Å². The molecule has 1 saturated heterocycles. The van der Waals surface area contributed by atoms with Gasteiger partial charge in [0.25, 0.3) is 5.91 Å². The van der Waals surface area contributed by atoms with E-state index >= 15 is 0 Å². The fourth-order valence-corrected chi connectivity index (χ4v) is 3.20. The maximum Gasteiger partial charge on any atom is 0.255 e. The second-order valence-corrected chi connectivity index (χ2v) is 6.71. The van der Waals surface area contributed by atoms with Gasteiger partial charge in [0.2, 0.25) is 5.91 Å². The molecule has 6 nitrogen and oxygen atoms in total. The van der Waals surface area contributed by atoms with Crippen molar-refractivity contribution < 1.29 is 19.1 Å². The number of hydrogen-bond donors (Lipinski definition) is 1. The summed E-state index contributed by atoms with van der Waals surface area (Å²) in [5, 5.41) is 2.94. The number of nitrogens with one attached hydrogen (secondary N) is 1. The monoisotopic (exact) mass is 368 g/mol. The Balaban J connectivity index is 1.72. The number of carbonyl (C=O) groups excluding carboxylic acids is 2. The lowest BCUT2D eigenvalue weighted by molar-refractivity contribution is -0.117. The number of aryl methyl sites for hydroxylation is 2. The molecule has 0 spiro atoms. The van der Waals surface area contributed by atoms with E-state index < -0.39 is 0 Å². The van der Waals surface area contributed by atoms with E-state index in [2.05, 4.69) is 5.32 Å². The first-order chi connectivity index (χ1) is 12.9. The van der Waals surface area contributed by atoms with Crippen LogP contribution in [-0.2, 0) is 4.79 Å². The maximum atomic E-state index is 12.7. The lowest BCUT2D eigenvalue weighted by Gasteiger charge is -2.19. The zero-order valence-electron chi connectivity index (χ0n) is 16.0. The Kier molecular flexibility index (Phi) is 5.35. The fourth-order valence-electron chi connectivity index (χ4n) is 3.20. The van der Waals surface area contributed by atoms with Gasteiger partial charge in [0.1, 0.15) is 11.5 Å². The molecule has 2 aromatic carbocycles. The predicted molar refractivity (Wildman–Crippen MR) is 104 cm³/mol. The summed E-state index contributed by atoms with van der Waals surface area (Å²) in [6.07, 6.45) is 0.275. The van der Waals surface area contributed by atoms with Crippen LogP contribution in [0.1, 0.15) is 27.9 Å². The third-order valence-corrected chi connectivity index (χ3v) is 4.92. The molecule has 142 valence electrons. The van der Waals surface area contributed by atoms with Gasteiger partial charge in [-0.1, -0.05) is 6.07 Å². The van der Waals surface area contributed by atoms with Crippen molar-refractivity contribution in [3.05, 3.63) is 53.1 Å². The molecule has 1 atom stereocenters. The SMILES string of the molecule is COc1ccc(C(=O)N[C@H]2CC(=O)N(c3ccc(C)c(C)c3)C2)c(OC)c1. The quantitative estimate of drug-likeness (QED) is 0.881. The smallest absolute Gasteiger partial charge is 0.255 e. The molecular formula is C21H24N2O4. The normalized spacial score (nSPS) is 16.4. The summed E-state index contributed by atoms with van der Waals surface area (Å²) >= 11 is 0. The van der Waals surface area contributed by atoms with Gasteiger partial charge in [-0.2, -0.15) is 0 Å². The number of anilines is 1. The highest BCUT2D eigenvalue weighted by Gasteiger charge is 2.32. The highest BCUT2D eigenvalue weighted by atomic mass is 16.5.